The van der Waals surface area contributed by atoms with E-state index in [0.29, 0.717) is 11.6 Å². The van der Waals surface area contributed by atoms with Crippen molar-refractivity contribution in [2.24, 2.45) is 10.9 Å². The van der Waals surface area contributed by atoms with Gasteiger partial charge < -0.3 is 11.1 Å². The summed E-state index contributed by atoms with van der Waals surface area (Å²) in [6.07, 6.45) is -4.02. The lowest BCUT2D eigenvalue weighted by molar-refractivity contribution is -0.142. The number of halogens is 4. The maximum Gasteiger partial charge on any atom is 0.409 e. The molecular weight excluding hydrogens is 514 g/mol. The molecule has 6 N–H and O–H groups in total. The molecule has 0 spiro atoms. The number of nitrogens with two attached hydrogens (primary N) is 2. The van der Waals surface area contributed by atoms with Gasteiger partial charge in [0.2, 0.25) is 10.0 Å². The van der Waals surface area contributed by atoms with Gasteiger partial charge in [-0.1, -0.05) is 42.5 Å². The molecule has 0 fully saturated rings. The number of benzene rings is 3. The number of nitrogens with zero attached hydrogens (tertiary/aromatic N) is 1. The number of amides is 1. The quantitative estimate of drug-likeness (QED) is 0.358. The topological polar surface area (TPSA) is 131 Å². The third-order valence-electron chi connectivity index (χ3n) is 5.59. The Morgan fingerprint density at radius 3 is 2.38 bits per heavy atom. The molecule has 194 valence electrons. The fourth-order valence-electron chi connectivity index (χ4n) is 3.85. The standard InChI is InChI=1S/C24H21F4N5O3S/c25-17-11-14(16-6-2-4-8-21(16)37(30,35)36)9-10-18(17)31-23(34)20-12-22(24(26,27)28)32-33(20)19-7-3-1-5-15(19)13-29/h1-12,22,32H,13,29H2,(H,31,34)(H2,30,35,36). The Kier molecular flexibility index (Phi) is 7.06. The average molecular weight is 536 g/mol. The lowest BCUT2D eigenvalue weighted by Crippen LogP contribution is -2.46. The van der Waals surface area contributed by atoms with Crippen LogP contribution in [0.2, 0.25) is 0 Å². The van der Waals surface area contributed by atoms with Gasteiger partial charge in [0.15, 0.2) is 0 Å². The van der Waals surface area contributed by atoms with E-state index < -0.39 is 39.7 Å². The normalized spacial score (nSPS) is 16.0. The molecule has 1 aliphatic heterocycles. The monoisotopic (exact) mass is 535 g/mol. The number of primary sulfonamides is 1. The van der Waals surface area contributed by atoms with Gasteiger partial charge >= 0.3 is 6.18 Å². The number of anilines is 2. The highest BCUT2D eigenvalue weighted by molar-refractivity contribution is 7.89. The summed E-state index contributed by atoms with van der Waals surface area (Å²) in [6.45, 7) is -0.00395. The second-order valence-electron chi connectivity index (χ2n) is 8.06. The minimum atomic E-state index is -4.71. The van der Waals surface area contributed by atoms with Crippen LogP contribution in [0, 0.1) is 5.82 Å². The molecule has 3 aromatic rings. The first-order valence-corrected chi connectivity index (χ1v) is 12.3. The molecule has 0 saturated carbocycles. The van der Waals surface area contributed by atoms with Crippen molar-refractivity contribution in [1.29, 1.82) is 0 Å². The van der Waals surface area contributed by atoms with Crippen molar-refractivity contribution in [3.63, 3.8) is 0 Å². The molecule has 0 bridgehead atoms. The fraction of sp³-hybridized carbons (Fsp3) is 0.125. The first-order valence-electron chi connectivity index (χ1n) is 10.8. The third kappa shape index (κ3) is 5.49. The van der Waals surface area contributed by atoms with Crippen LogP contribution in [0.5, 0.6) is 0 Å². The molecule has 8 nitrogen and oxygen atoms in total. The highest BCUT2D eigenvalue weighted by atomic mass is 32.2. The van der Waals surface area contributed by atoms with E-state index in [4.69, 9.17) is 10.9 Å². The van der Waals surface area contributed by atoms with Crippen LogP contribution in [0.1, 0.15) is 5.56 Å². The summed E-state index contributed by atoms with van der Waals surface area (Å²) >= 11 is 0. The molecule has 3 aromatic carbocycles. The smallest absolute Gasteiger partial charge is 0.326 e. The van der Waals surface area contributed by atoms with Gasteiger partial charge in [-0.25, -0.2) is 23.4 Å². The number of hydrogen-bond acceptors (Lipinski definition) is 6. The van der Waals surface area contributed by atoms with Crippen molar-refractivity contribution in [3.05, 3.63) is 89.9 Å². The SMILES string of the molecule is NCc1ccccc1N1NC(C(F)(F)F)C=C1C(=O)Nc1ccc(-c2ccccc2S(N)(=O)=O)cc1F. The number of alkyl halides is 3. The number of nitrogens with one attached hydrogen (secondary N) is 2. The molecule has 1 aliphatic rings. The van der Waals surface area contributed by atoms with Crippen LogP contribution >= 0.6 is 0 Å². The Hall–Kier alpha value is -3.78. The predicted octanol–water partition coefficient (Wildman–Crippen LogP) is 3.38. The summed E-state index contributed by atoms with van der Waals surface area (Å²) in [5, 5.41) is 8.48. The molecule has 1 unspecified atom stereocenters. The van der Waals surface area contributed by atoms with Crippen molar-refractivity contribution >= 4 is 27.3 Å². The van der Waals surface area contributed by atoms with Crippen molar-refractivity contribution in [1.82, 2.24) is 5.43 Å². The molecule has 13 heteroatoms. The number of carbonyl (C=O) groups excluding carboxylic acids is 1. The second-order valence-corrected chi connectivity index (χ2v) is 9.59. The maximum atomic E-state index is 15.0. The van der Waals surface area contributed by atoms with E-state index in [9.17, 15) is 30.8 Å². The van der Waals surface area contributed by atoms with E-state index in [1.165, 1.54) is 36.4 Å². The van der Waals surface area contributed by atoms with Crippen LogP contribution in [0.3, 0.4) is 0 Å². The van der Waals surface area contributed by atoms with Gasteiger partial charge in [-0.15, -0.1) is 0 Å². The van der Waals surface area contributed by atoms with Gasteiger partial charge in [0.1, 0.15) is 17.6 Å². The van der Waals surface area contributed by atoms with Crippen molar-refractivity contribution in [3.8, 4) is 11.1 Å². The van der Waals surface area contributed by atoms with Crippen molar-refractivity contribution in [2.75, 3.05) is 10.3 Å². The Morgan fingerprint density at radius 2 is 1.73 bits per heavy atom. The Morgan fingerprint density at radius 1 is 1.05 bits per heavy atom. The van der Waals surface area contributed by atoms with Gasteiger partial charge in [0.25, 0.3) is 5.91 Å². The van der Waals surface area contributed by atoms with Crippen LogP contribution in [-0.4, -0.2) is 26.5 Å². The van der Waals surface area contributed by atoms with Gasteiger partial charge in [-0.2, -0.15) is 13.2 Å². The molecule has 1 heterocycles. The largest absolute Gasteiger partial charge is 0.409 e. The molecular formula is C24H21F4N5O3S. The maximum absolute atomic E-state index is 15.0. The highest BCUT2D eigenvalue weighted by Gasteiger charge is 2.45. The van der Waals surface area contributed by atoms with Crippen LogP contribution in [0.25, 0.3) is 11.1 Å². The van der Waals surface area contributed by atoms with Crippen LogP contribution in [0.4, 0.5) is 28.9 Å². The molecule has 4 rings (SSSR count). The van der Waals surface area contributed by atoms with E-state index in [-0.39, 0.29) is 33.9 Å². The molecule has 37 heavy (non-hydrogen) atoms. The van der Waals surface area contributed by atoms with E-state index >= 15 is 0 Å². The summed E-state index contributed by atoms with van der Waals surface area (Å²) in [4.78, 5) is 12.8. The number of para-hydroxylation sites is 1. The van der Waals surface area contributed by atoms with E-state index in [1.807, 2.05) is 0 Å². The molecule has 1 atom stereocenters. The molecule has 1 amide bonds. The van der Waals surface area contributed by atoms with E-state index in [2.05, 4.69) is 10.7 Å². The fourth-order valence-corrected chi connectivity index (χ4v) is 4.61. The minimum Gasteiger partial charge on any atom is -0.326 e. The Labute approximate surface area is 209 Å². The summed E-state index contributed by atoms with van der Waals surface area (Å²) in [6, 6.07) is 13.4. The van der Waals surface area contributed by atoms with Gasteiger partial charge in [-0.05, 0) is 41.5 Å². The van der Waals surface area contributed by atoms with Crippen LogP contribution < -0.4 is 26.6 Å². The summed E-state index contributed by atoms with van der Waals surface area (Å²) < 4.78 is 79.2. The van der Waals surface area contributed by atoms with Crippen LogP contribution in [-0.2, 0) is 21.4 Å². The number of rotatable bonds is 6. The van der Waals surface area contributed by atoms with Gasteiger partial charge in [-0.3, -0.25) is 9.80 Å². The Balaban J connectivity index is 1.66. The van der Waals surface area contributed by atoms with Crippen molar-refractivity contribution < 1.29 is 30.8 Å². The number of hydrogen-bond donors (Lipinski definition) is 4. The lowest BCUT2D eigenvalue weighted by atomic mass is 10.0. The molecule has 0 saturated heterocycles. The number of carbonyl (C=O) groups is 1. The minimum absolute atomic E-state index is 0.00395. The number of sulfonamides is 1. The van der Waals surface area contributed by atoms with Gasteiger partial charge in [0.05, 0.1) is 16.3 Å². The van der Waals surface area contributed by atoms with Gasteiger partial charge in [0, 0.05) is 12.1 Å². The van der Waals surface area contributed by atoms with Crippen LogP contribution in [0.15, 0.2) is 83.4 Å². The first kappa shape index (κ1) is 26.3. The van der Waals surface area contributed by atoms with Crippen molar-refractivity contribution in [2.45, 2.75) is 23.7 Å². The van der Waals surface area contributed by atoms with E-state index in [0.717, 1.165) is 11.1 Å². The second kappa shape index (κ2) is 9.94. The zero-order valence-electron chi connectivity index (χ0n) is 19.0. The predicted molar refractivity (Wildman–Crippen MR) is 130 cm³/mol. The number of hydrazine groups is 1. The average Bonchev–Trinajstić information content (AvgIpc) is 3.31. The molecule has 0 aromatic heterocycles. The lowest BCUT2D eigenvalue weighted by Gasteiger charge is -2.26. The summed E-state index contributed by atoms with van der Waals surface area (Å²) in [5.41, 5.74) is 8.22. The van der Waals surface area contributed by atoms with E-state index in [1.54, 1.807) is 24.3 Å². The summed E-state index contributed by atoms with van der Waals surface area (Å²) in [5.74, 6) is -1.95. The first-order chi connectivity index (χ1) is 17.4. The summed E-state index contributed by atoms with van der Waals surface area (Å²) in [7, 11) is -4.10. The highest BCUT2D eigenvalue weighted by Crippen LogP contribution is 2.33. The third-order valence-corrected chi connectivity index (χ3v) is 6.56. The molecule has 0 radical (unpaired) electrons. The Bertz CT molecular complexity index is 1490. The zero-order chi connectivity index (χ0) is 27.0. The molecule has 0 aliphatic carbocycles. The zero-order valence-corrected chi connectivity index (χ0v) is 19.8.